The average molecular weight is 338 g/mol. The summed E-state index contributed by atoms with van der Waals surface area (Å²) in [6, 6.07) is 10.5. The van der Waals surface area contributed by atoms with Crippen molar-refractivity contribution in [3.8, 4) is 5.69 Å². The van der Waals surface area contributed by atoms with E-state index >= 15 is 0 Å². The summed E-state index contributed by atoms with van der Waals surface area (Å²) in [4.78, 5) is 6.96. The molecule has 0 N–H and O–H groups in total. The average Bonchev–Trinajstić information content (AvgIpc) is 3.36. The Morgan fingerprint density at radius 3 is 2.80 bits per heavy atom. The van der Waals surface area contributed by atoms with Gasteiger partial charge in [0.1, 0.15) is 18.0 Å². The molecular weight excluding hydrogens is 316 g/mol. The Balaban J connectivity index is 1.61. The quantitative estimate of drug-likeness (QED) is 0.712. The molecule has 0 aliphatic carbocycles. The van der Waals surface area contributed by atoms with Gasteiger partial charge in [-0.3, -0.25) is 4.90 Å². The van der Waals surface area contributed by atoms with Crippen LogP contribution in [0.4, 0.5) is 0 Å². The smallest absolute Gasteiger partial charge is 0.150 e. The van der Waals surface area contributed by atoms with E-state index in [0.717, 1.165) is 36.8 Å². The predicted octanol–water partition coefficient (Wildman–Crippen LogP) is 1.96. The van der Waals surface area contributed by atoms with Crippen LogP contribution in [0, 0.1) is 0 Å². The van der Waals surface area contributed by atoms with Crippen LogP contribution < -0.4 is 0 Å². The van der Waals surface area contributed by atoms with E-state index in [1.54, 1.807) is 13.4 Å². The maximum Gasteiger partial charge on any atom is 0.150 e. The fraction of sp³-hybridized carbons (Fsp3) is 0.389. The van der Waals surface area contributed by atoms with Gasteiger partial charge in [-0.1, -0.05) is 18.2 Å². The van der Waals surface area contributed by atoms with E-state index in [9.17, 15) is 0 Å². The van der Waals surface area contributed by atoms with Gasteiger partial charge in [0, 0.05) is 38.8 Å². The van der Waals surface area contributed by atoms with Crippen molar-refractivity contribution < 1.29 is 4.74 Å². The molecule has 1 aromatic carbocycles. The SMILES string of the molecule is CO[C@@H]1C[C@@H](c2nncn2C)N(Cc2nccn2-c2ccccc2)C1. The Kier molecular flexibility index (Phi) is 4.33. The summed E-state index contributed by atoms with van der Waals surface area (Å²) >= 11 is 0. The molecule has 4 rings (SSSR count). The Morgan fingerprint density at radius 1 is 1.24 bits per heavy atom. The molecule has 0 saturated carbocycles. The van der Waals surface area contributed by atoms with E-state index in [0.29, 0.717) is 0 Å². The highest BCUT2D eigenvalue weighted by Crippen LogP contribution is 2.33. The van der Waals surface area contributed by atoms with Crippen LogP contribution in [0.3, 0.4) is 0 Å². The first-order chi connectivity index (χ1) is 12.3. The third-order valence-electron chi connectivity index (χ3n) is 4.84. The third-order valence-corrected chi connectivity index (χ3v) is 4.84. The lowest BCUT2D eigenvalue weighted by atomic mass is 10.2. The number of imidazole rings is 1. The molecule has 7 nitrogen and oxygen atoms in total. The van der Waals surface area contributed by atoms with Crippen molar-refractivity contribution in [1.29, 1.82) is 0 Å². The summed E-state index contributed by atoms with van der Waals surface area (Å²) in [5.41, 5.74) is 1.12. The molecule has 3 heterocycles. The number of likely N-dealkylation sites (tertiary alicyclic amines) is 1. The lowest BCUT2D eigenvalue weighted by molar-refractivity contribution is 0.107. The van der Waals surface area contributed by atoms with Gasteiger partial charge >= 0.3 is 0 Å². The normalized spacial score (nSPS) is 21.0. The number of ether oxygens (including phenoxy) is 1. The molecule has 2 atom stereocenters. The first kappa shape index (κ1) is 16.0. The zero-order valence-corrected chi connectivity index (χ0v) is 14.5. The monoisotopic (exact) mass is 338 g/mol. The molecule has 0 bridgehead atoms. The van der Waals surface area contributed by atoms with Crippen LogP contribution in [0.1, 0.15) is 24.1 Å². The van der Waals surface area contributed by atoms with Gasteiger partial charge in [-0.2, -0.15) is 0 Å². The van der Waals surface area contributed by atoms with Crippen molar-refractivity contribution in [3.63, 3.8) is 0 Å². The zero-order valence-electron chi connectivity index (χ0n) is 14.5. The molecule has 0 amide bonds. The number of aryl methyl sites for hydroxylation is 1. The van der Waals surface area contributed by atoms with Gasteiger partial charge < -0.3 is 13.9 Å². The van der Waals surface area contributed by atoms with Crippen LogP contribution in [-0.2, 0) is 18.3 Å². The number of benzene rings is 1. The first-order valence-electron chi connectivity index (χ1n) is 8.44. The summed E-state index contributed by atoms with van der Waals surface area (Å²) in [7, 11) is 3.76. The minimum absolute atomic E-state index is 0.179. The number of hydrogen-bond acceptors (Lipinski definition) is 5. The molecule has 1 saturated heterocycles. The van der Waals surface area contributed by atoms with Gasteiger partial charge in [0.05, 0.1) is 18.7 Å². The second kappa shape index (κ2) is 6.78. The van der Waals surface area contributed by atoms with Crippen LogP contribution in [0.5, 0.6) is 0 Å². The number of para-hydroxylation sites is 1. The van der Waals surface area contributed by atoms with Crippen LogP contribution in [0.15, 0.2) is 49.1 Å². The van der Waals surface area contributed by atoms with Gasteiger partial charge in [-0.05, 0) is 18.6 Å². The van der Waals surface area contributed by atoms with E-state index in [2.05, 4.69) is 36.8 Å². The van der Waals surface area contributed by atoms with Gasteiger partial charge in [0.2, 0.25) is 0 Å². The summed E-state index contributed by atoms with van der Waals surface area (Å²) in [5.74, 6) is 1.98. The maximum absolute atomic E-state index is 5.62. The van der Waals surface area contributed by atoms with E-state index in [1.165, 1.54) is 0 Å². The van der Waals surface area contributed by atoms with Crippen LogP contribution in [0.25, 0.3) is 5.69 Å². The van der Waals surface area contributed by atoms with Crippen molar-refractivity contribution in [3.05, 3.63) is 60.7 Å². The highest BCUT2D eigenvalue weighted by Gasteiger charge is 2.36. The Hall–Kier alpha value is -2.51. The highest BCUT2D eigenvalue weighted by molar-refractivity contribution is 5.32. The largest absolute Gasteiger partial charge is 0.380 e. The fourth-order valence-corrected chi connectivity index (χ4v) is 3.53. The van der Waals surface area contributed by atoms with Crippen LogP contribution >= 0.6 is 0 Å². The number of hydrogen-bond donors (Lipinski definition) is 0. The fourth-order valence-electron chi connectivity index (χ4n) is 3.53. The minimum atomic E-state index is 0.179. The van der Waals surface area contributed by atoms with E-state index in [4.69, 9.17) is 4.74 Å². The Bertz CT molecular complexity index is 827. The molecule has 1 aliphatic heterocycles. The molecule has 0 radical (unpaired) electrons. The maximum atomic E-state index is 5.62. The molecule has 25 heavy (non-hydrogen) atoms. The second-order valence-electron chi connectivity index (χ2n) is 6.39. The molecule has 1 aliphatic rings. The third kappa shape index (κ3) is 3.08. The second-order valence-corrected chi connectivity index (χ2v) is 6.39. The minimum Gasteiger partial charge on any atom is -0.380 e. The summed E-state index contributed by atoms with van der Waals surface area (Å²) < 4.78 is 9.74. The number of aromatic nitrogens is 5. The lowest BCUT2D eigenvalue weighted by Crippen LogP contribution is -2.27. The topological polar surface area (TPSA) is 61.0 Å². The highest BCUT2D eigenvalue weighted by atomic mass is 16.5. The van der Waals surface area contributed by atoms with Gasteiger partial charge in [0.15, 0.2) is 0 Å². The molecule has 7 heteroatoms. The first-order valence-corrected chi connectivity index (χ1v) is 8.44. The molecule has 3 aromatic rings. The van der Waals surface area contributed by atoms with E-state index < -0.39 is 0 Å². The molecule has 2 aromatic heterocycles. The molecule has 130 valence electrons. The molecule has 0 spiro atoms. The van der Waals surface area contributed by atoms with E-state index in [1.807, 2.05) is 42.2 Å². The van der Waals surface area contributed by atoms with Crippen molar-refractivity contribution >= 4 is 0 Å². The lowest BCUT2D eigenvalue weighted by Gasteiger charge is -2.23. The number of rotatable bonds is 5. The van der Waals surface area contributed by atoms with Crippen molar-refractivity contribution in [2.75, 3.05) is 13.7 Å². The van der Waals surface area contributed by atoms with Gasteiger partial charge in [-0.25, -0.2) is 4.98 Å². The summed E-state index contributed by atoms with van der Waals surface area (Å²) in [6.45, 7) is 1.59. The van der Waals surface area contributed by atoms with Gasteiger partial charge in [0.25, 0.3) is 0 Å². The van der Waals surface area contributed by atoms with Crippen LogP contribution in [-0.4, -0.2) is 49.0 Å². The van der Waals surface area contributed by atoms with E-state index in [-0.39, 0.29) is 12.1 Å². The Labute approximate surface area is 146 Å². The molecular formula is C18H22N6O. The van der Waals surface area contributed by atoms with Crippen molar-refractivity contribution in [1.82, 2.24) is 29.2 Å². The van der Waals surface area contributed by atoms with Gasteiger partial charge in [-0.15, -0.1) is 10.2 Å². The number of methoxy groups -OCH3 is 1. The summed E-state index contributed by atoms with van der Waals surface area (Å²) in [5, 5.41) is 8.35. The standard InChI is InChI=1S/C18H22N6O/c1-22-13-20-21-18(22)16-10-15(25-2)11-23(16)12-17-19-8-9-24(17)14-6-4-3-5-7-14/h3-9,13,15-16H,10-12H2,1-2H3/t15-,16+/m1/s1. The molecule has 1 fully saturated rings. The summed E-state index contributed by atoms with van der Waals surface area (Å²) in [6.07, 6.45) is 6.71. The van der Waals surface area contributed by atoms with Crippen molar-refractivity contribution in [2.45, 2.75) is 25.1 Å². The zero-order chi connectivity index (χ0) is 17.2. The Morgan fingerprint density at radius 2 is 2.08 bits per heavy atom. The predicted molar refractivity (Wildman–Crippen MR) is 93.1 cm³/mol. The van der Waals surface area contributed by atoms with Crippen LogP contribution in [0.2, 0.25) is 0 Å². The molecule has 0 unspecified atom stereocenters. The van der Waals surface area contributed by atoms with Crippen molar-refractivity contribution in [2.24, 2.45) is 7.05 Å². The number of nitrogens with zero attached hydrogens (tertiary/aromatic N) is 6.